The van der Waals surface area contributed by atoms with Crippen molar-refractivity contribution in [3.05, 3.63) is 28.2 Å². The van der Waals surface area contributed by atoms with Crippen LogP contribution in [0.3, 0.4) is 0 Å². The number of ether oxygens (including phenoxy) is 1. The normalized spacial score (nSPS) is 12.4. The van der Waals surface area contributed by atoms with Gasteiger partial charge in [-0.2, -0.15) is 11.8 Å². The lowest BCUT2D eigenvalue weighted by Crippen LogP contribution is -2.20. The van der Waals surface area contributed by atoms with Gasteiger partial charge in [-0.1, -0.05) is 62.2 Å². The van der Waals surface area contributed by atoms with Crippen LogP contribution in [0, 0.1) is 0 Å². The molecule has 0 saturated heterocycles. The summed E-state index contributed by atoms with van der Waals surface area (Å²) in [5.74, 6) is 2.36. The summed E-state index contributed by atoms with van der Waals surface area (Å²) < 4.78 is 5.52. The first kappa shape index (κ1) is 20.0. The molecule has 0 aliphatic rings. The Kier molecular flexibility index (Phi) is 11.2. The number of benzene rings is 1. The van der Waals surface area contributed by atoms with Gasteiger partial charge in [0.15, 0.2) is 0 Å². The van der Waals surface area contributed by atoms with Gasteiger partial charge in [-0.3, -0.25) is 0 Å². The summed E-state index contributed by atoms with van der Waals surface area (Å²) in [6.07, 6.45) is 7.35. The highest BCUT2D eigenvalue weighted by Gasteiger charge is 2.08. The van der Waals surface area contributed by atoms with E-state index in [1.165, 1.54) is 38.5 Å². The van der Waals surface area contributed by atoms with E-state index in [9.17, 15) is 5.11 Å². The van der Waals surface area contributed by atoms with Crippen LogP contribution in [0.15, 0.2) is 18.2 Å². The summed E-state index contributed by atoms with van der Waals surface area (Å²) in [7, 11) is 0. The van der Waals surface area contributed by atoms with Crippen molar-refractivity contribution < 1.29 is 9.84 Å². The van der Waals surface area contributed by atoms with Crippen molar-refractivity contribution in [3.63, 3.8) is 0 Å². The fourth-order valence-corrected chi connectivity index (χ4v) is 3.44. The first-order chi connectivity index (χ1) is 10.6. The maximum Gasteiger partial charge on any atom is 0.138 e. The van der Waals surface area contributed by atoms with Gasteiger partial charge in [0.25, 0.3) is 0 Å². The van der Waals surface area contributed by atoms with Crippen LogP contribution in [0.25, 0.3) is 0 Å². The molecule has 0 heterocycles. The molecule has 0 aliphatic carbocycles. The van der Waals surface area contributed by atoms with Gasteiger partial charge in [-0.25, -0.2) is 0 Å². The average molecular weight is 365 g/mol. The third-order valence-corrected chi connectivity index (χ3v) is 5.01. The molecular formula is C17H26Cl2O2S. The Morgan fingerprint density at radius 2 is 1.86 bits per heavy atom. The number of halogens is 2. The minimum Gasteiger partial charge on any atom is -0.489 e. The van der Waals surface area contributed by atoms with Crippen LogP contribution in [-0.4, -0.2) is 29.3 Å². The number of aliphatic hydroxyl groups is 1. The molecule has 126 valence electrons. The standard InChI is InChI=1S/C17H26Cl2O2S/c1-2-3-4-5-6-7-10-22-13-15(20)12-21-17-9-8-14(18)11-16(17)19/h8-9,11,15,20H,2-7,10,12-13H2,1H3. The molecule has 1 aromatic carbocycles. The van der Waals surface area contributed by atoms with Crippen molar-refractivity contribution in [2.75, 3.05) is 18.1 Å². The Balaban J connectivity index is 2.05. The van der Waals surface area contributed by atoms with E-state index in [0.29, 0.717) is 21.5 Å². The van der Waals surface area contributed by atoms with E-state index in [-0.39, 0.29) is 6.61 Å². The predicted molar refractivity (Wildman–Crippen MR) is 98.7 cm³/mol. The molecule has 1 atom stereocenters. The second-order valence-electron chi connectivity index (χ2n) is 5.38. The van der Waals surface area contributed by atoms with Crippen molar-refractivity contribution in [1.29, 1.82) is 0 Å². The Hall–Kier alpha value is -0.0900. The first-order valence-electron chi connectivity index (χ1n) is 7.97. The highest BCUT2D eigenvalue weighted by molar-refractivity contribution is 7.99. The van der Waals surface area contributed by atoms with Gasteiger partial charge in [0.2, 0.25) is 0 Å². The third-order valence-electron chi connectivity index (χ3n) is 3.28. The van der Waals surface area contributed by atoms with E-state index in [2.05, 4.69) is 6.92 Å². The lowest BCUT2D eigenvalue weighted by atomic mass is 10.1. The Labute approximate surface area is 148 Å². The maximum absolute atomic E-state index is 9.91. The summed E-state index contributed by atoms with van der Waals surface area (Å²) in [4.78, 5) is 0. The van der Waals surface area contributed by atoms with Crippen molar-refractivity contribution in [2.45, 2.75) is 51.6 Å². The minimum atomic E-state index is -0.475. The van der Waals surface area contributed by atoms with Crippen LogP contribution in [-0.2, 0) is 0 Å². The second-order valence-corrected chi connectivity index (χ2v) is 7.38. The van der Waals surface area contributed by atoms with Crippen molar-refractivity contribution >= 4 is 35.0 Å². The molecule has 1 N–H and O–H groups in total. The summed E-state index contributed by atoms with van der Waals surface area (Å²) in [6.45, 7) is 2.49. The monoisotopic (exact) mass is 364 g/mol. The molecule has 1 unspecified atom stereocenters. The number of aliphatic hydroxyl groups excluding tert-OH is 1. The van der Waals surface area contributed by atoms with Gasteiger partial charge in [0.05, 0.1) is 11.1 Å². The zero-order chi connectivity index (χ0) is 16.2. The quantitative estimate of drug-likeness (QED) is 0.473. The van der Waals surface area contributed by atoms with Gasteiger partial charge in [-0.15, -0.1) is 0 Å². The number of thioether (sulfide) groups is 1. The molecule has 22 heavy (non-hydrogen) atoms. The maximum atomic E-state index is 9.91. The van der Waals surface area contributed by atoms with Crippen molar-refractivity contribution in [3.8, 4) is 5.75 Å². The van der Waals surface area contributed by atoms with E-state index in [4.69, 9.17) is 27.9 Å². The van der Waals surface area contributed by atoms with Gasteiger partial charge < -0.3 is 9.84 Å². The molecular weight excluding hydrogens is 339 g/mol. The predicted octanol–water partition coefficient (Wildman–Crippen LogP) is 5.83. The molecule has 1 aromatic rings. The number of unbranched alkanes of at least 4 members (excludes halogenated alkanes) is 5. The Bertz CT molecular complexity index is 416. The molecule has 2 nitrogen and oxygen atoms in total. The van der Waals surface area contributed by atoms with E-state index in [1.807, 2.05) is 0 Å². The Morgan fingerprint density at radius 3 is 2.59 bits per heavy atom. The van der Waals surface area contributed by atoms with Gasteiger partial charge in [-0.05, 0) is 30.4 Å². The fraction of sp³-hybridized carbons (Fsp3) is 0.647. The average Bonchev–Trinajstić information content (AvgIpc) is 2.49. The van der Waals surface area contributed by atoms with E-state index in [1.54, 1.807) is 30.0 Å². The SMILES string of the molecule is CCCCCCCCSCC(O)COc1ccc(Cl)cc1Cl. The lowest BCUT2D eigenvalue weighted by molar-refractivity contribution is 0.126. The molecule has 5 heteroatoms. The molecule has 0 fully saturated rings. The lowest BCUT2D eigenvalue weighted by Gasteiger charge is -2.13. The number of rotatable bonds is 12. The summed E-state index contributed by atoms with van der Waals surface area (Å²) in [6, 6.07) is 5.08. The summed E-state index contributed by atoms with van der Waals surface area (Å²) in [5.41, 5.74) is 0. The molecule has 0 aromatic heterocycles. The smallest absolute Gasteiger partial charge is 0.138 e. The van der Waals surface area contributed by atoms with Gasteiger partial charge in [0.1, 0.15) is 12.4 Å². The zero-order valence-corrected chi connectivity index (χ0v) is 15.5. The van der Waals surface area contributed by atoms with Crippen LogP contribution < -0.4 is 4.74 Å². The van der Waals surface area contributed by atoms with Gasteiger partial charge in [0, 0.05) is 10.8 Å². The molecule has 0 spiro atoms. The topological polar surface area (TPSA) is 29.5 Å². The van der Waals surface area contributed by atoms with Crippen LogP contribution in [0.4, 0.5) is 0 Å². The Morgan fingerprint density at radius 1 is 1.14 bits per heavy atom. The van der Waals surface area contributed by atoms with Gasteiger partial charge >= 0.3 is 0 Å². The highest BCUT2D eigenvalue weighted by atomic mass is 35.5. The molecule has 0 aliphatic heterocycles. The molecule has 0 radical (unpaired) electrons. The minimum absolute atomic E-state index is 0.255. The molecule has 0 bridgehead atoms. The fourth-order valence-electron chi connectivity index (χ4n) is 2.03. The largest absolute Gasteiger partial charge is 0.489 e. The number of hydrogen-bond acceptors (Lipinski definition) is 3. The van der Waals surface area contributed by atoms with Crippen LogP contribution in [0.2, 0.25) is 10.0 Å². The zero-order valence-electron chi connectivity index (χ0n) is 13.2. The van der Waals surface area contributed by atoms with Crippen LogP contribution in [0.1, 0.15) is 45.4 Å². The summed E-state index contributed by atoms with van der Waals surface area (Å²) in [5, 5.41) is 11.0. The van der Waals surface area contributed by atoms with Crippen molar-refractivity contribution in [2.24, 2.45) is 0 Å². The first-order valence-corrected chi connectivity index (χ1v) is 9.88. The third kappa shape index (κ3) is 9.14. The molecule has 0 saturated carbocycles. The molecule has 0 amide bonds. The van der Waals surface area contributed by atoms with Crippen molar-refractivity contribution in [1.82, 2.24) is 0 Å². The van der Waals surface area contributed by atoms with Crippen LogP contribution >= 0.6 is 35.0 Å². The summed E-state index contributed by atoms with van der Waals surface area (Å²) >= 11 is 13.6. The van der Waals surface area contributed by atoms with Crippen LogP contribution in [0.5, 0.6) is 5.75 Å². The molecule has 1 rings (SSSR count). The number of hydrogen-bond donors (Lipinski definition) is 1. The second kappa shape index (κ2) is 12.3. The highest BCUT2D eigenvalue weighted by Crippen LogP contribution is 2.27. The van der Waals surface area contributed by atoms with E-state index >= 15 is 0 Å². The van der Waals surface area contributed by atoms with E-state index in [0.717, 1.165) is 5.75 Å². The van der Waals surface area contributed by atoms with E-state index < -0.39 is 6.10 Å².